The second kappa shape index (κ2) is 4.80. The van der Waals surface area contributed by atoms with Crippen LogP contribution in [-0.4, -0.2) is 37.8 Å². The summed E-state index contributed by atoms with van der Waals surface area (Å²) in [6.07, 6.45) is 2.41. The highest BCUT2D eigenvalue weighted by atomic mass is 16.6. The van der Waals surface area contributed by atoms with E-state index in [1.54, 1.807) is 6.92 Å². The van der Waals surface area contributed by atoms with Gasteiger partial charge >= 0.3 is 5.97 Å². The zero-order chi connectivity index (χ0) is 14.0. The lowest BCUT2D eigenvalue weighted by molar-refractivity contribution is -0.385. The van der Waals surface area contributed by atoms with Crippen LogP contribution in [0.25, 0.3) is 5.82 Å². The topological polar surface area (TPSA) is 113 Å². The zero-order valence-electron chi connectivity index (χ0n) is 10.1. The Balaban J connectivity index is 2.37. The van der Waals surface area contributed by atoms with Crippen LogP contribution in [0.3, 0.4) is 0 Å². The summed E-state index contributed by atoms with van der Waals surface area (Å²) in [4.78, 5) is 29.0. The average Bonchev–Trinajstić information content (AvgIpc) is 2.86. The highest BCUT2D eigenvalue weighted by Gasteiger charge is 2.15. The van der Waals surface area contributed by atoms with Crippen molar-refractivity contribution in [3.8, 4) is 5.82 Å². The predicted molar refractivity (Wildman–Crippen MR) is 61.9 cm³/mol. The van der Waals surface area contributed by atoms with Crippen molar-refractivity contribution < 1.29 is 14.5 Å². The quantitative estimate of drug-likeness (QED) is 0.454. The van der Waals surface area contributed by atoms with E-state index in [9.17, 15) is 14.9 Å². The molecule has 0 saturated heterocycles. The number of hydrogen-bond donors (Lipinski definition) is 0. The Hall–Kier alpha value is -2.84. The van der Waals surface area contributed by atoms with E-state index in [2.05, 4.69) is 19.8 Å². The fourth-order valence-corrected chi connectivity index (χ4v) is 1.41. The summed E-state index contributed by atoms with van der Waals surface area (Å²) in [5.74, 6) is -0.455. The van der Waals surface area contributed by atoms with Crippen LogP contribution in [0.4, 0.5) is 5.69 Å². The van der Waals surface area contributed by atoms with Crippen LogP contribution < -0.4 is 0 Å². The van der Waals surface area contributed by atoms with Gasteiger partial charge in [0.05, 0.1) is 12.0 Å². The summed E-state index contributed by atoms with van der Waals surface area (Å²) in [5.41, 5.74) is 0.349. The molecule has 0 amide bonds. The number of nitro groups is 1. The Kier molecular flexibility index (Phi) is 3.19. The van der Waals surface area contributed by atoms with Crippen LogP contribution in [0.1, 0.15) is 16.2 Å². The average molecular weight is 263 g/mol. The largest absolute Gasteiger partial charge is 0.463 e. The van der Waals surface area contributed by atoms with Gasteiger partial charge in [-0.1, -0.05) is 0 Å². The molecule has 2 rings (SSSR count). The third-order valence-corrected chi connectivity index (χ3v) is 2.36. The van der Waals surface area contributed by atoms with Crippen molar-refractivity contribution >= 4 is 11.7 Å². The molecule has 0 N–H and O–H groups in total. The van der Waals surface area contributed by atoms with Crippen molar-refractivity contribution in [1.29, 1.82) is 0 Å². The third kappa shape index (κ3) is 2.39. The molecule has 0 aliphatic carbocycles. The Morgan fingerprint density at radius 3 is 2.79 bits per heavy atom. The van der Waals surface area contributed by atoms with Gasteiger partial charge in [-0.15, -0.1) is 5.10 Å². The lowest BCUT2D eigenvalue weighted by Gasteiger charge is -2.01. The molecule has 2 aromatic rings. The second-order valence-corrected chi connectivity index (χ2v) is 3.59. The first-order chi connectivity index (χ1) is 9.02. The maximum absolute atomic E-state index is 11.2. The molecule has 9 nitrogen and oxygen atoms in total. The van der Waals surface area contributed by atoms with E-state index < -0.39 is 10.9 Å². The van der Waals surface area contributed by atoms with Crippen LogP contribution in [0.15, 0.2) is 18.6 Å². The molecule has 19 heavy (non-hydrogen) atoms. The highest BCUT2D eigenvalue weighted by Crippen LogP contribution is 2.17. The van der Waals surface area contributed by atoms with Gasteiger partial charge in [0.25, 0.3) is 11.5 Å². The summed E-state index contributed by atoms with van der Waals surface area (Å²) >= 11 is 0. The zero-order valence-corrected chi connectivity index (χ0v) is 10.1. The molecule has 2 heterocycles. The number of methoxy groups -OCH3 is 1. The molecule has 0 unspecified atom stereocenters. The maximum Gasteiger partial charge on any atom is 0.377 e. The normalized spacial score (nSPS) is 10.2. The molecule has 2 aromatic heterocycles. The van der Waals surface area contributed by atoms with Crippen LogP contribution in [0, 0.1) is 17.0 Å². The van der Waals surface area contributed by atoms with Gasteiger partial charge in [0.1, 0.15) is 12.5 Å². The first kappa shape index (κ1) is 12.6. The monoisotopic (exact) mass is 263 g/mol. The van der Waals surface area contributed by atoms with Crippen molar-refractivity contribution in [2.45, 2.75) is 6.92 Å². The van der Waals surface area contributed by atoms with E-state index in [1.165, 1.54) is 24.2 Å². The van der Waals surface area contributed by atoms with Gasteiger partial charge in [0.15, 0.2) is 5.82 Å². The molecule has 0 aliphatic heterocycles. The van der Waals surface area contributed by atoms with Crippen LogP contribution in [0.5, 0.6) is 0 Å². The first-order valence-electron chi connectivity index (χ1n) is 5.14. The summed E-state index contributed by atoms with van der Waals surface area (Å²) in [7, 11) is 1.22. The summed E-state index contributed by atoms with van der Waals surface area (Å²) in [6, 6.07) is 1.48. The Morgan fingerprint density at radius 1 is 1.47 bits per heavy atom. The third-order valence-electron chi connectivity index (χ3n) is 2.36. The van der Waals surface area contributed by atoms with Crippen molar-refractivity contribution in [1.82, 2.24) is 19.7 Å². The van der Waals surface area contributed by atoms with Crippen LogP contribution in [-0.2, 0) is 4.74 Å². The fourth-order valence-electron chi connectivity index (χ4n) is 1.41. The van der Waals surface area contributed by atoms with E-state index in [0.29, 0.717) is 11.4 Å². The first-order valence-corrected chi connectivity index (χ1v) is 5.14. The summed E-state index contributed by atoms with van der Waals surface area (Å²) in [6.45, 7) is 1.58. The number of ether oxygens (including phenoxy) is 1. The Bertz CT molecular complexity index is 651. The standard InChI is InChI=1S/C10H9N5O4/c1-6-3-8(11-4-7(6)15(17)18)14-5-12-9(13-14)10(16)19-2/h3-5H,1-2H3. The van der Waals surface area contributed by atoms with Crippen LogP contribution in [0.2, 0.25) is 0 Å². The predicted octanol–water partition coefficient (Wildman–Crippen LogP) is 0.666. The van der Waals surface area contributed by atoms with E-state index >= 15 is 0 Å². The molecule has 9 heteroatoms. The number of aromatic nitrogens is 4. The fraction of sp³-hybridized carbons (Fsp3) is 0.200. The van der Waals surface area contributed by atoms with Gasteiger partial charge in [0.2, 0.25) is 0 Å². The molecule has 0 aromatic carbocycles. The van der Waals surface area contributed by atoms with E-state index in [1.807, 2.05) is 0 Å². The van der Waals surface area contributed by atoms with Crippen LogP contribution >= 0.6 is 0 Å². The number of carbonyl (C=O) groups is 1. The van der Waals surface area contributed by atoms with Gasteiger partial charge in [-0.3, -0.25) is 10.1 Å². The molecule has 0 bridgehead atoms. The minimum atomic E-state index is -0.669. The molecular formula is C10H9N5O4. The Morgan fingerprint density at radius 2 is 2.21 bits per heavy atom. The SMILES string of the molecule is COC(=O)c1ncn(-c2cc(C)c([N+](=O)[O-])cn2)n1. The van der Waals surface area contributed by atoms with E-state index in [-0.39, 0.29) is 11.5 Å². The van der Waals surface area contributed by atoms with Crippen molar-refractivity contribution in [2.75, 3.05) is 7.11 Å². The molecule has 0 radical (unpaired) electrons. The van der Waals surface area contributed by atoms with Gasteiger partial charge in [0, 0.05) is 5.56 Å². The molecule has 0 spiro atoms. The van der Waals surface area contributed by atoms with Gasteiger partial charge in [-0.25, -0.2) is 19.4 Å². The molecule has 0 fully saturated rings. The smallest absolute Gasteiger partial charge is 0.377 e. The van der Waals surface area contributed by atoms with E-state index in [0.717, 1.165) is 6.20 Å². The molecule has 0 saturated carbocycles. The number of pyridine rings is 1. The molecule has 0 aliphatic rings. The highest BCUT2D eigenvalue weighted by molar-refractivity contribution is 5.84. The molecular weight excluding hydrogens is 254 g/mol. The molecule has 98 valence electrons. The number of rotatable bonds is 3. The van der Waals surface area contributed by atoms with Crippen molar-refractivity contribution in [2.24, 2.45) is 0 Å². The number of esters is 1. The minimum absolute atomic E-state index is 0.0861. The van der Waals surface area contributed by atoms with Crippen molar-refractivity contribution in [3.63, 3.8) is 0 Å². The van der Waals surface area contributed by atoms with E-state index in [4.69, 9.17) is 0 Å². The maximum atomic E-state index is 11.2. The lowest BCUT2D eigenvalue weighted by atomic mass is 10.2. The second-order valence-electron chi connectivity index (χ2n) is 3.59. The minimum Gasteiger partial charge on any atom is -0.463 e. The summed E-state index contributed by atoms with van der Waals surface area (Å²) < 4.78 is 5.71. The van der Waals surface area contributed by atoms with Crippen molar-refractivity contribution in [3.05, 3.63) is 40.1 Å². The Labute approximate surface area is 107 Å². The number of nitrogens with zero attached hydrogens (tertiary/aromatic N) is 5. The van der Waals surface area contributed by atoms with Gasteiger partial charge in [-0.2, -0.15) is 0 Å². The number of carbonyl (C=O) groups excluding carboxylic acids is 1. The lowest BCUT2D eigenvalue weighted by Crippen LogP contribution is -2.06. The van der Waals surface area contributed by atoms with Gasteiger partial charge in [-0.05, 0) is 13.0 Å². The summed E-state index contributed by atoms with van der Waals surface area (Å²) in [5, 5.41) is 14.5. The number of aryl methyl sites for hydroxylation is 1. The molecule has 0 atom stereocenters. The number of hydrogen-bond acceptors (Lipinski definition) is 7. The van der Waals surface area contributed by atoms with Gasteiger partial charge < -0.3 is 4.74 Å².